The lowest BCUT2D eigenvalue weighted by Gasteiger charge is -2.30. The van der Waals surface area contributed by atoms with Crippen molar-refractivity contribution in [2.75, 3.05) is 51.5 Å². The molecule has 0 bridgehead atoms. The van der Waals surface area contributed by atoms with Crippen molar-refractivity contribution in [1.82, 2.24) is 4.90 Å². The van der Waals surface area contributed by atoms with E-state index in [1.54, 1.807) is 7.11 Å². The minimum absolute atomic E-state index is 0.159. The molecule has 18 heavy (non-hydrogen) atoms. The second-order valence-electron chi connectivity index (χ2n) is 4.70. The average Bonchev–Trinajstić information content (AvgIpc) is 2.46. The minimum Gasteiger partial charge on any atom is -0.379 e. The Morgan fingerprint density at radius 3 is 3.00 bits per heavy atom. The monoisotopic (exact) mass is 273 g/mol. The van der Waals surface area contributed by atoms with Crippen LogP contribution in [0.3, 0.4) is 0 Å². The van der Waals surface area contributed by atoms with Crippen molar-refractivity contribution >= 4 is 17.7 Å². The van der Waals surface area contributed by atoms with E-state index in [0.29, 0.717) is 18.5 Å². The van der Waals surface area contributed by atoms with Crippen LogP contribution in [0, 0.1) is 5.92 Å². The maximum absolute atomic E-state index is 6.05. The second kappa shape index (κ2) is 7.21. The van der Waals surface area contributed by atoms with Gasteiger partial charge in [-0.15, -0.1) is 0 Å². The number of methoxy groups -OCH3 is 1. The van der Waals surface area contributed by atoms with Gasteiger partial charge in [-0.3, -0.25) is 4.99 Å². The summed E-state index contributed by atoms with van der Waals surface area (Å²) in [5.41, 5.74) is 6.05. The summed E-state index contributed by atoms with van der Waals surface area (Å²) in [6.45, 7) is 4.26. The van der Waals surface area contributed by atoms with Crippen LogP contribution in [-0.2, 0) is 9.47 Å². The maximum atomic E-state index is 6.05. The van der Waals surface area contributed by atoms with Gasteiger partial charge in [0.15, 0.2) is 5.96 Å². The predicted octanol–water partition coefficient (Wildman–Crippen LogP) is 0.401. The van der Waals surface area contributed by atoms with Gasteiger partial charge in [-0.05, 0) is 6.42 Å². The van der Waals surface area contributed by atoms with Gasteiger partial charge in [0.1, 0.15) is 0 Å². The van der Waals surface area contributed by atoms with Gasteiger partial charge >= 0.3 is 0 Å². The number of aliphatic imine (C=N–C) groups is 1. The molecule has 0 saturated carbocycles. The largest absolute Gasteiger partial charge is 0.379 e. The van der Waals surface area contributed by atoms with E-state index in [2.05, 4.69) is 9.89 Å². The summed E-state index contributed by atoms with van der Waals surface area (Å²) in [6, 6.07) is 0. The topological polar surface area (TPSA) is 60.1 Å². The van der Waals surface area contributed by atoms with E-state index >= 15 is 0 Å². The fourth-order valence-electron chi connectivity index (χ4n) is 2.33. The second-order valence-corrected chi connectivity index (χ2v) is 5.92. The first kappa shape index (κ1) is 14.0. The molecule has 5 nitrogen and oxygen atoms in total. The zero-order chi connectivity index (χ0) is 12.8. The number of rotatable bonds is 3. The molecule has 0 amide bonds. The first-order valence-electron chi connectivity index (χ1n) is 6.54. The molecule has 2 heterocycles. The van der Waals surface area contributed by atoms with Crippen molar-refractivity contribution in [3.8, 4) is 0 Å². The average molecular weight is 273 g/mol. The Kier molecular flexibility index (Phi) is 5.59. The van der Waals surface area contributed by atoms with Crippen molar-refractivity contribution in [2.24, 2.45) is 16.6 Å². The molecule has 0 aliphatic carbocycles. The number of guanidine groups is 1. The Balaban J connectivity index is 1.83. The third-order valence-corrected chi connectivity index (χ3v) is 4.51. The highest BCUT2D eigenvalue weighted by molar-refractivity contribution is 7.99. The van der Waals surface area contributed by atoms with Crippen molar-refractivity contribution < 1.29 is 9.47 Å². The Hall–Kier alpha value is -0.460. The lowest BCUT2D eigenvalue weighted by atomic mass is 9.97. The lowest BCUT2D eigenvalue weighted by molar-refractivity contribution is -0.0624. The molecule has 0 radical (unpaired) electrons. The van der Waals surface area contributed by atoms with Crippen LogP contribution in [0.2, 0.25) is 0 Å². The Morgan fingerprint density at radius 2 is 2.28 bits per heavy atom. The first-order chi connectivity index (χ1) is 8.81. The van der Waals surface area contributed by atoms with E-state index in [1.807, 2.05) is 11.8 Å². The summed E-state index contributed by atoms with van der Waals surface area (Å²) in [6.07, 6.45) is 1.16. The molecule has 2 fully saturated rings. The summed E-state index contributed by atoms with van der Waals surface area (Å²) >= 11 is 1.98. The van der Waals surface area contributed by atoms with Crippen molar-refractivity contribution in [3.05, 3.63) is 0 Å². The molecule has 6 heteroatoms. The summed E-state index contributed by atoms with van der Waals surface area (Å²) in [5.74, 6) is 3.42. The molecular formula is C12H23N3O2S. The molecule has 0 aromatic heterocycles. The van der Waals surface area contributed by atoms with E-state index in [0.717, 1.165) is 44.2 Å². The Bertz CT molecular complexity index is 282. The molecule has 0 aromatic carbocycles. The van der Waals surface area contributed by atoms with Crippen LogP contribution in [0.4, 0.5) is 0 Å². The summed E-state index contributed by atoms with van der Waals surface area (Å²) in [4.78, 5) is 6.72. The van der Waals surface area contributed by atoms with Crippen molar-refractivity contribution in [3.63, 3.8) is 0 Å². The third kappa shape index (κ3) is 3.76. The molecule has 2 rings (SSSR count). The zero-order valence-electron chi connectivity index (χ0n) is 11.0. The standard InChI is InChI=1S/C12H23N3O2S/c1-16-11-9-17-5-2-10(11)8-14-12(13)15-3-6-18-7-4-15/h10-11H,2-9H2,1H3,(H2,13,14). The lowest BCUT2D eigenvalue weighted by Crippen LogP contribution is -2.43. The van der Waals surface area contributed by atoms with Crippen LogP contribution < -0.4 is 5.73 Å². The van der Waals surface area contributed by atoms with E-state index < -0.39 is 0 Å². The number of nitrogens with two attached hydrogens (primary N) is 1. The zero-order valence-corrected chi connectivity index (χ0v) is 11.8. The maximum Gasteiger partial charge on any atom is 0.191 e. The molecule has 2 aliphatic heterocycles. The molecule has 104 valence electrons. The van der Waals surface area contributed by atoms with E-state index in [9.17, 15) is 0 Å². The van der Waals surface area contributed by atoms with Crippen LogP contribution in [0.15, 0.2) is 4.99 Å². The quantitative estimate of drug-likeness (QED) is 0.596. The van der Waals surface area contributed by atoms with Crippen LogP contribution in [0.5, 0.6) is 0 Å². The Morgan fingerprint density at radius 1 is 1.50 bits per heavy atom. The number of hydrogen-bond donors (Lipinski definition) is 1. The number of thioether (sulfide) groups is 1. The minimum atomic E-state index is 0.159. The van der Waals surface area contributed by atoms with E-state index in [-0.39, 0.29) is 6.10 Å². The highest BCUT2D eigenvalue weighted by atomic mass is 32.2. The summed E-state index contributed by atoms with van der Waals surface area (Å²) < 4.78 is 10.8. The SMILES string of the molecule is COC1COCCC1CN=C(N)N1CCSCC1. The van der Waals surface area contributed by atoms with Gasteiger partial charge < -0.3 is 20.1 Å². The molecular weight excluding hydrogens is 250 g/mol. The molecule has 0 spiro atoms. The normalized spacial score (nSPS) is 30.5. The summed E-state index contributed by atoms with van der Waals surface area (Å²) in [7, 11) is 1.74. The number of ether oxygens (including phenoxy) is 2. The highest BCUT2D eigenvalue weighted by Crippen LogP contribution is 2.18. The van der Waals surface area contributed by atoms with Crippen LogP contribution in [0.25, 0.3) is 0 Å². The van der Waals surface area contributed by atoms with Gasteiger partial charge in [0.25, 0.3) is 0 Å². The number of nitrogens with zero attached hydrogens (tertiary/aromatic N) is 2. The van der Waals surface area contributed by atoms with Gasteiger partial charge in [0.2, 0.25) is 0 Å². The fourth-order valence-corrected chi connectivity index (χ4v) is 3.23. The summed E-state index contributed by atoms with van der Waals surface area (Å²) in [5, 5.41) is 0. The molecule has 2 N–H and O–H groups in total. The van der Waals surface area contributed by atoms with Crippen molar-refractivity contribution in [1.29, 1.82) is 0 Å². The van der Waals surface area contributed by atoms with Crippen LogP contribution >= 0.6 is 11.8 Å². The molecule has 2 aliphatic rings. The Labute approximate surface area is 113 Å². The molecule has 0 aromatic rings. The van der Waals surface area contributed by atoms with Gasteiger partial charge in [-0.1, -0.05) is 0 Å². The fraction of sp³-hybridized carbons (Fsp3) is 0.917. The first-order valence-corrected chi connectivity index (χ1v) is 7.70. The third-order valence-electron chi connectivity index (χ3n) is 3.57. The highest BCUT2D eigenvalue weighted by Gasteiger charge is 2.25. The van der Waals surface area contributed by atoms with E-state index in [1.165, 1.54) is 0 Å². The van der Waals surface area contributed by atoms with Gasteiger partial charge in [-0.25, -0.2) is 0 Å². The molecule has 2 unspecified atom stereocenters. The van der Waals surface area contributed by atoms with Crippen LogP contribution in [0.1, 0.15) is 6.42 Å². The smallest absolute Gasteiger partial charge is 0.191 e. The van der Waals surface area contributed by atoms with E-state index in [4.69, 9.17) is 15.2 Å². The molecule has 2 saturated heterocycles. The van der Waals surface area contributed by atoms with Gasteiger partial charge in [-0.2, -0.15) is 11.8 Å². The van der Waals surface area contributed by atoms with Crippen molar-refractivity contribution in [2.45, 2.75) is 12.5 Å². The predicted molar refractivity (Wildman–Crippen MR) is 75.1 cm³/mol. The van der Waals surface area contributed by atoms with Gasteiger partial charge in [0, 0.05) is 50.8 Å². The number of hydrogen-bond acceptors (Lipinski definition) is 4. The molecule has 2 atom stereocenters. The van der Waals surface area contributed by atoms with Crippen LogP contribution in [-0.4, -0.2) is 68.4 Å². The van der Waals surface area contributed by atoms with Gasteiger partial charge in [0.05, 0.1) is 12.7 Å².